The zero-order valence-corrected chi connectivity index (χ0v) is 13.5. The standard InChI is InChI=1S/C21H17N3/c1-2-19-18(13-22)14-23-15-20(19)24-21(16-9-5-3-6-10-16)17-11-7-4-8-12-17/h3-12,14-15H,2H2,1H3. The van der Waals surface area contributed by atoms with Gasteiger partial charge in [0.05, 0.1) is 23.2 Å². The summed E-state index contributed by atoms with van der Waals surface area (Å²) in [6.07, 6.45) is 4.06. The third-order valence-electron chi connectivity index (χ3n) is 3.84. The van der Waals surface area contributed by atoms with Crippen LogP contribution in [0.25, 0.3) is 0 Å². The van der Waals surface area contributed by atoms with E-state index in [2.05, 4.69) is 11.1 Å². The number of aliphatic imine (C=N–C) groups is 1. The van der Waals surface area contributed by atoms with Gasteiger partial charge in [0.15, 0.2) is 0 Å². The molecule has 0 aliphatic heterocycles. The number of hydrogen-bond donors (Lipinski definition) is 0. The molecule has 0 atom stereocenters. The van der Waals surface area contributed by atoms with Crippen LogP contribution in [-0.4, -0.2) is 10.7 Å². The average molecular weight is 311 g/mol. The fourth-order valence-corrected chi connectivity index (χ4v) is 2.65. The van der Waals surface area contributed by atoms with Gasteiger partial charge in [0, 0.05) is 17.3 Å². The van der Waals surface area contributed by atoms with Gasteiger partial charge >= 0.3 is 0 Å². The molecular weight excluding hydrogens is 294 g/mol. The molecular formula is C21H17N3. The third kappa shape index (κ3) is 3.23. The minimum absolute atomic E-state index is 0.583. The molecule has 0 fully saturated rings. The largest absolute Gasteiger partial charge is 0.261 e. The van der Waals surface area contributed by atoms with E-state index in [0.717, 1.165) is 34.5 Å². The van der Waals surface area contributed by atoms with E-state index in [1.165, 1.54) is 0 Å². The molecule has 1 heterocycles. The lowest BCUT2D eigenvalue weighted by Gasteiger charge is -2.10. The smallest absolute Gasteiger partial charge is 0.101 e. The van der Waals surface area contributed by atoms with E-state index in [0.29, 0.717) is 5.56 Å². The van der Waals surface area contributed by atoms with Crippen LogP contribution in [0, 0.1) is 11.3 Å². The van der Waals surface area contributed by atoms with E-state index >= 15 is 0 Å². The second-order valence-electron chi connectivity index (χ2n) is 5.34. The van der Waals surface area contributed by atoms with E-state index in [1.807, 2.05) is 67.6 Å². The van der Waals surface area contributed by atoms with Gasteiger partial charge in [0.25, 0.3) is 0 Å². The number of benzene rings is 2. The second-order valence-corrected chi connectivity index (χ2v) is 5.34. The Labute approximate surface area is 142 Å². The van der Waals surface area contributed by atoms with E-state index in [1.54, 1.807) is 12.4 Å². The van der Waals surface area contributed by atoms with Gasteiger partial charge < -0.3 is 0 Å². The summed E-state index contributed by atoms with van der Waals surface area (Å²) in [5.41, 5.74) is 5.21. The summed E-state index contributed by atoms with van der Waals surface area (Å²) in [5, 5.41) is 9.30. The summed E-state index contributed by atoms with van der Waals surface area (Å²) in [4.78, 5) is 9.06. The molecule has 3 rings (SSSR count). The van der Waals surface area contributed by atoms with Crippen molar-refractivity contribution < 1.29 is 0 Å². The lowest BCUT2D eigenvalue weighted by Crippen LogP contribution is -2.03. The van der Waals surface area contributed by atoms with Crippen molar-refractivity contribution in [1.82, 2.24) is 4.98 Å². The average Bonchev–Trinajstić information content (AvgIpc) is 2.67. The fourth-order valence-electron chi connectivity index (χ4n) is 2.65. The van der Waals surface area contributed by atoms with Crippen molar-refractivity contribution >= 4 is 11.4 Å². The lowest BCUT2D eigenvalue weighted by atomic mass is 10.0. The number of nitrogens with zero attached hydrogens (tertiary/aromatic N) is 3. The minimum atomic E-state index is 0.583. The maximum Gasteiger partial charge on any atom is 0.101 e. The Kier molecular flexibility index (Phi) is 4.78. The zero-order valence-electron chi connectivity index (χ0n) is 13.5. The number of hydrogen-bond acceptors (Lipinski definition) is 3. The molecule has 0 saturated carbocycles. The van der Waals surface area contributed by atoms with Crippen LogP contribution >= 0.6 is 0 Å². The molecule has 24 heavy (non-hydrogen) atoms. The number of aromatic nitrogens is 1. The normalized spacial score (nSPS) is 10.0. The molecule has 0 aliphatic rings. The number of nitriles is 1. The molecule has 2 aromatic carbocycles. The zero-order chi connectivity index (χ0) is 16.8. The van der Waals surface area contributed by atoms with Crippen LogP contribution in [0.15, 0.2) is 78.0 Å². The fraction of sp³-hybridized carbons (Fsp3) is 0.0952. The molecule has 0 amide bonds. The van der Waals surface area contributed by atoms with Gasteiger partial charge in [-0.15, -0.1) is 0 Å². The topological polar surface area (TPSA) is 49.0 Å². The van der Waals surface area contributed by atoms with Crippen LogP contribution in [0.1, 0.15) is 29.2 Å². The molecule has 116 valence electrons. The lowest BCUT2D eigenvalue weighted by molar-refractivity contribution is 1.10. The maximum absolute atomic E-state index is 9.30. The highest BCUT2D eigenvalue weighted by atomic mass is 14.8. The van der Waals surface area contributed by atoms with E-state index in [4.69, 9.17) is 4.99 Å². The van der Waals surface area contributed by atoms with E-state index in [-0.39, 0.29) is 0 Å². The Bertz CT molecular complexity index is 850. The molecule has 0 spiro atoms. The van der Waals surface area contributed by atoms with Gasteiger partial charge in [-0.05, 0) is 12.0 Å². The van der Waals surface area contributed by atoms with Crippen LogP contribution < -0.4 is 0 Å². The molecule has 0 unspecified atom stereocenters. The highest BCUT2D eigenvalue weighted by Crippen LogP contribution is 2.24. The van der Waals surface area contributed by atoms with Gasteiger partial charge in [-0.1, -0.05) is 67.6 Å². The number of rotatable bonds is 4. The first kappa shape index (κ1) is 15.6. The molecule has 0 bridgehead atoms. The number of pyridine rings is 1. The Morgan fingerprint density at radius 1 is 0.958 bits per heavy atom. The molecule has 3 heteroatoms. The molecule has 3 nitrogen and oxygen atoms in total. The van der Waals surface area contributed by atoms with Crippen LogP contribution in [0.3, 0.4) is 0 Å². The van der Waals surface area contributed by atoms with Crippen molar-refractivity contribution in [3.63, 3.8) is 0 Å². The molecule has 0 aliphatic carbocycles. The summed E-state index contributed by atoms with van der Waals surface area (Å²) < 4.78 is 0. The first-order chi connectivity index (χ1) is 11.8. The molecule has 1 aromatic heterocycles. The van der Waals surface area contributed by atoms with Crippen LogP contribution in [0.5, 0.6) is 0 Å². The summed E-state index contributed by atoms with van der Waals surface area (Å²) >= 11 is 0. The van der Waals surface area contributed by atoms with Crippen molar-refractivity contribution in [3.05, 3.63) is 95.3 Å². The highest BCUT2D eigenvalue weighted by molar-refractivity contribution is 6.14. The SMILES string of the molecule is CCc1c(C#N)cncc1N=C(c1ccccc1)c1ccccc1. The van der Waals surface area contributed by atoms with Gasteiger partial charge in [-0.25, -0.2) is 4.99 Å². The van der Waals surface area contributed by atoms with Crippen molar-refractivity contribution in [3.8, 4) is 6.07 Å². The van der Waals surface area contributed by atoms with Crippen molar-refractivity contribution in [2.75, 3.05) is 0 Å². The summed E-state index contributed by atoms with van der Waals surface area (Å²) in [5.74, 6) is 0. The summed E-state index contributed by atoms with van der Waals surface area (Å²) in [6.45, 7) is 2.03. The quantitative estimate of drug-likeness (QED) is 0.657. The molecule has 0 saturated heterocycles. The van der Waals surface area contributed by atoms with Gasteiger partial charge in [0.1, 0.15) is 6.07 Å². The van der Waals surface area contributed by atoms with Gasteiger partial charge in [-0.2, -0.15) is 5.26 Å². The Morgan fingerprint density at radius 2 is 1.54 bits per heavy atom. The minimum Gasteiger partial charge on any atom is -0.261 e. The third-order valence-corrected chi connectivity index (χ3v) is 3.84. The summed E-state index contributed by atoms with van der Waals surface area (Å²) in [6, 6.07) is 22.3. The van der Waals surface area contributed by atoms with Gasteiger partial charge in [-0.3, -0.25) is 4.98 Å². The summed E-state index contributed by atoms with van der Waals surface area (Å²) in [7, 11) is 0. The first-order valence-electron chi connectivity index (χ1n) is 7.90. The monoisotopic (exact) mass is 311 g/mol. The van der Waals surface area contributed by atoms with E-state index in [9.17, 15) is 5.26 Å². The first-order valence-corrected chi connectivity index (χ1v) is 7.90. The molecule has 3 aromatic rings. The van der Waals surface area contributed by atoms with Gasteiger partial charge in [0.2, 0.25) is 0 Å². The van der Waals surface area contributed by atoms with Crippen molar-refractivity contribution in [2.24, 2.45) is 4.99 Å². The van der Waals surface area contributed by atoms with Crippen molar-refractivity contribution in [1.29, 1.82) is 5.26 Å². The molecule has 0 radical (unpaired) electrons. The predicted molar refractivity (Wildman–Crippen MR) is 96.5 cm³/mol. The highest BCUT2D eigenvalue weighted by Gasteiger charge is 2.11. The predicted octanol–water partition coefficient (Wildman–Crippen LogP) is 4.68. The second kappa shape index (κ2) is 7.34. The van der Waals surface area contributed by atoms with Crippen LogP contribution in [0.2, 0.25) is 0 Å². The van der Waals surface area contributed by atoms with E-state index < -0.39 is 0 Å². The Balaban J connectivity index is 2.21. The Hall–Kier alpha value is -3.25. The molecule has 0 N–H and O–H groups in total. The maximum atomic E-state index is 9.30. The van der Waals surface area contributed by atoms with Crippen LogP contribution in [0.4, 0.5) is 5.69 Å². The van der Waals surface area contributed by atoms with Crippen LogP contribution in [-0.2, 0) is 6.42 Å². The Morgan fingerprint density at radius 3 is 2.04 bits per heavy atom. The van der Waals surface area contributed by atoms with Crippen molar-refractivity contribution in [2.45, 2.75) is 13.3 Å².